The highest BCUT2D eigenvalue weighted by atomic mass is 19.4. The van der Waals surface area contributed by atoms with Gasteiger partial charge in [0, 0.05) is 18.2 Å². The standard InChI is InChI=1S/C29H28F3N3/c30-29(31,32)26-13-11-23(12-14-26)21-35-18-15-27(33-35)22-34-19-16-28(17-20-34,24-7-3-1-4-8-24)25-9-5-2-6-10-25/h1-15,18H,16-17,19-22H2. The van der Waals surface area contributed by atoms with Gasteiger partial charge in [-0.25, -0.2) is 0 Å². The largest absolute Gasteiger partial charge is 0.416 e. The van der Waals surface area contributed by atoms with Crippen LogP contribution in [-0.2, 0) is 24.7 Å². The summed E-state index contributed by atoms with van der Waals surface area (Å²) in [5, 5.41) is 4.68. The van der Waals surface area contributed by atoms with Crippen molar-refractivity contribution in [1.29, 1.82) is 0 Å². The molecule has 6 heteroatoms. The molecule has 1 saturated heterocycles. The highest BCUT2D eigenvalue weighted by Crippen LogP contribution is 2.41. The normalized spacial score (nSPS) is 16.3. The summed E-state index contributed by atoms with van der Waals surface area (Å²) >= 11 is 0. The Bertz CT molecular complexity index is 1180. The minimum atomic E-state index is -4.32. The SMILES string of the molecule is FC(F)(F)c1ccc(Cn2ccc(CN3CCC(c4ccccc4)(c4ccccc4)CC3)n2)cc1. The van der Waals surface area contributed by atoms with Gasteiger partial charge in [0.25, 0.3) is 0 Å². The molecule has 0 N–H and O–H groups in total. The Morgan fingerprint density at radius 2 is 1.29 bits per heavy atom. The zero-order valence-electron chi connectivity index (χ0n) is 19.5. The van der Waals surface area contributed by atoms with E-state index in [1.54, 1.807) is 4.68 Å². The molecule has 4 aromatic rings. The number of halogens is 3. The van der Waals surface area contributed by atoms with E-state index in [-0.39, 0.29) is 5.41 Å². The predicted molar refractivity (Wildman–Crippen MR) is 131 cm³/mol. The zero-order valence-corrected chi connectivity index (χ0v) is 19.5. The summed E-state index contributed by atoms with van der Waals surface area (Å²) in [5.74, 6) is 0. The van der Waals surface area contributed by atoms with E-state index in [4.69, 9.17) is 0 Å². The Labute approximate surface area is 203 Å². The first-order chi connectivity index (χ1) is 16.9. The summed E-state index contributed by atoms with van der Waals surface area (Å²) in [5.41, 5.74) is 3.89. The fraction of sp³-hybridized carbons (Fsp3) is 0.276. The molecule has 1 aromatic heterocycles. The van der Waals surface area contributed by atoms with Crippen LogP contribution in [0.4, 0.5) is 13.2 Å². The summed E-state index contributed by atoms with van der Waals surface area (Å²) in [4.78, 5) is 2.44. The number of rotatable bonds is 6. The van der Waals surface area contributed by atoms with Gasteiger partial charge in [-0.15, -0.1) is 0 Å². The molecule has 0 bridgehead atoms. The molecular formula is C29H28F3N3. The average Bonchev–Trinajstić information content (AvgIpc) is 3.32. The van der Waals surface area contributed by atoms with Crippen LogP contribution in [-0.4, -0.2) is 27.8 Å². The van der Waals surface area contributed by atoms with Gasteiger partial charge in [0.1, 0.15) is 0 Å². The van der Waals surface area contributed by atoms with E-state index in [2.05, 4.69) is 70.7 Å². The number of hydrogen-bond donors (Lipinski definition) is 0. The van der Waals surface area contributed by atoms with E-state index < -0.39 is 11.7 Å². The van der Waals surface area contributed by atoms with Crippen LogP contribution in [0, 0.1) is 0 Å². The Hall–Kier alpha value is -3.38. The van der Waals surface area contributed by atoms with Crippen molar-refractivity contribution < 1.29 is 13.2 Å². The third-order valence-corrected chi connectivity index (χ3v) is 7.07. The minimum absolute atomic E-state index is 0.0148. The van der Waals surface area contributed by atoms with Gasteiger partial charge in [-0.05, 0) is 60.8 Å². The van der Waals surface area contributed by atoms with Crippen molar-refractivity contribution in [3.63, 3.8) is 0 Å². The maximum Gasteiger partial charge on any atom is 0.416 e. The number of likely N-dealkylation sites (tertiary alicyclic amines) is 1. The second kappa shape index (κ2) is 9.70. The van der Waals surface area contributed by atoms with Crippen LogP contribution in [0.3, 0.4) is 0 Å². The van der Waals surface area contributed by atoms with Gasteiger partial charge in [0.05, 0.1) is 17.8 Å². The van der Waals surface area contributed by atoms with E-state index in [1.165, 1.54) is 23.3 Å². The fourth-order valence-corrected chi connectivity index (χ4v) is 5.14. The van der Waals surface area contributed by atoms with E-state index >= 15 is 0 Å². The van der Waals surface area contributed by atoms with Crippen molar-refractivity contribution in [2.45, 2.75) is 37.5 Å². The Kier molecular flexibility index (Phi) is 6.48. The smallest absolute Gasteiger partial charge is 0.297 e. The maximum atomic E-state index is 12.8. The molecule has 1 fully saturated rings. The molecular weight excluding hydrogens is 447 g/mol. The molecule has 0 aliphatic carbocycles. The number of hydrogen-bond acceptors (Lipinski definition) is 2. The van der Waals surface area contributed by atoms with Crippen LogP contribution in [0.2, 0.25) is 0 Å². The Morgan fingerprint density at radius 3 is 1.83 bits per heavy atom. The van der Waals surface area contributed by atoms with Gasteiger partial charge in [-0.2, -0.15) is 18.3 Å². The van der Waals surface area contributed by atoms with Crippen LogP contribution < -0.4 is 0 Å². The molecule has 0 saturated carbocycles. The van der Waals surface area contributed by atoms with Crippen molar-refractivity contribution in [3.8, 4) is 0 Å². The third-order valence-electron chi connectivity index (χ3n) is 7.07. The van der Waals surface area contributed by atoms with Crippen molar-refractivity contribution >= 4 is 0 Å². The molecule has 180 valence electrons. The molecule has 0 radical (unpaired) electrons. The molecule has 0 amide bonds. The number of piperidine rings is 1. The second-order valence-corrected chi connectivity index (χ2v) is 9.29. The first-order valence-corrected chi connectivity index (χ1v) is 11.9. The molecule has 5 rings (SSSR count). The first kappa shape index (κ1) is 23.4. The van der Waals surface area contributed by atoms with Gasteiger partial charge in [0.2, 0.25) is 0 Å². The van der Waals surface area contributed by atoms with Crippen molar-refractivity contribution in [1.82, 2.24) is 14.7 Å². The molecule has 3 aromatic carbocycles. The van der Waals surface area contributed by atoms with Crippen LogP contribution in [0.15, 0.2) is 97.2 Å². The van der Waals surface area contributed by atoms with Gasteiger partial charge >= 0.3 is 6.18 Å². The molecule has 1 aliphatic rings. The molecule has 2 heterocycles. The van der Waals surface area contributed by atoms with E-state index in [1.807, 2.05) is 12.3 Å². The van der Waals surface area contributed by atoms with Crippen LogP contribution in [0.1, 0.15) is 40.8 Å². The average molecular weight is 476 g/mol. The summed E-state index contributed by atoms with van der Waals surface area (Å²) in [7, 11) is 0. The molecule has 1 aliphatic heterocycles. The van der Waals surface area contributed by atoms with Crippen molar-refractivity contribution in [2.75, 3.05) is 13.1 Å². The van der Waals surface area contributed by atoms with E-state index in [9.17, 15) is 13.2 Å². The molecule has 0 spiro atoms. The van der Waals surface area contributed by atoms with Crippen molar-refractivity contribution in [2.24, 2.45) is 0 Å². The summed E-state index contributed by atoms with van der Waals surface area (Å²) in [6, 6.07) is 28.9. The van der Waals surface area contributed by atoms with E-state index in [0.717, 1.165) is 55.9 Å². The summed E-state index contributed by atoms with van der Waals surface area (Å²) < 4.78 is 40.2. The van der Waals surface area contributed by atoms with Crippen LogP contribution >= 0.6 is 0 Å². The quantitative estimate of drug-likeness (QED) is 0.316. The lowest BCUT2D eigenvalue weighted by Gasteiger charge is -2.42. The van der Waals surface area contributed by atoms with Crippen LogP contribution in [0.5, 0.6) is 0 Å². The molecule has 0 unspecified atom stereocenters. The van der Waals surface area contributed by atoms with E-state index in [0.29, 0.717) is 6.54 Å². The second-order valence-electron chi connectivity index (χ2n) is 9.29. The molecule has 0 atom stereocenters. The minimum Gasteiger partial charge on any atom is -0.297 e. The predicted octanol–water partition coefficient (Wildman–Crippen LogP) is 6.53. The Balaban J connectivity index is 1.24. The topological polar surface area (TPSA) is 21.1 Å². The molecule has 35 heavy (non-hydrogen) atoms. The first-order valence-electron chi connectivity index (χ1n) is 11.9. The van der Waals surface area contributed by atoms with Gasteiger partial charge in [-0.1, -0.05) is 72.8 Å². The lowest BCUT2D eigenvalue weighted by Crippen LogP contribution is -2.43. The highest BCUT2D eigenvalue weighted by molar-refractivity contribution is 5.40. The number of benzene rings is 3. The van der Waals surface area contributed by atoms with Gasteiger partial charge in [-0.3, -0.25) is 9.58 Å². The summed E-state index contributed by atoms with van der Waals surface area (Å²) in [6.45, 7) is 3.15. The number of alkyl halides is 3. The van der Waals surface area contributed by atoms with Crippen LogP contribution in [0.25, 0.3) is 0 Å². The lowest BCUT2D eigenvalue weighted by atomic mass is 9.68. The zero-order chi connectivity index (χ0) is 24.3. The summed E-state index contributed by atoms with van der Waals surface area (Å²) in [6.07, 6.45) is -0.347. The maximum absolute atomic E-state index is 12.8. The molecule has 3 nitrogen and oxygen atoms in total. The monoisotopic (exact) mass is 475 g/mol. The highest BCUT2D eigenvalue weighted by Gasteiger charge is 2.37. The third kappa shape index (κ3) is 5.17. The van der Waals surface area contributed by atoms with Gasteiger partial charge in [0.15, 0.2) is 0 Å². The fourth-order valence-electron chi connectivity index (χ4n) is 5.14. The number of aromatic nitrogens is 2. The lowest BCUT2D eigenvalue weighted by molar-refractivity contribution is -0.137. The van der Waals surface area contributed by atoms with Gasteiger partial charge < -0.3 is 0 Å². The van der Waals surface area contributed by atoms with Crippen molar-refractivity contribution in [3.05, 3.63) is 125 Å². The Morgan fingerprint density at radius 1 is 0.714 bits per heavy atom. The number of nitrogens with zero attached hydrogens (tertiary/aromatic N) is 3.